The highest BCUT2D eigenvalue weighted by Crippen LogP contribution is 2.18. The number of piperidine rings is 1. The molecule has 1 aliphatic rings. The molecule has 0 aromatic carbocycles. The average Bonchev–Trinajstić information content (AvgIpc) is 2.73. The molecule has 1 unspecified atom stereocenters. The van der Waals surface area contributed by atoms with Gasteiger partial charge in [-0.1, -0.05) is 0 Å². The van der Waals surface area contributed by atoms with Gasteiger partial charge in [0.2, 0.25) is 15.8 Å². The van der Waals surface area contributed by atoms with Crippen LogP contribution in [0.25, 0.3) is 0 Å². The Balaban J connectivity index is 2.15. The standard InChI is InChI=1S/C10H15N3O4S/c1-7-9(17-6-12-7)10(14)13-4-2-3-8(5-13)18(11,15)16/h6,8H,2-5H2,1H3,(H2,11,15,16). The third kappa shape index (κ3) is 2.54. The zero-order valence-electron chi connectivity index (χ0n) is 10.00. The topological polar surface area (TPSA) is 106 Å². The van der Waals surface area contributed by atoms with Crippen LogP contribution in [0.1, 0.15) is 29.1 Å². The van der Waals surface area contributed by atoms with Crippen LogP contribution in [0.2, 0.25) is 0 Å². The Labute approximate surface area is 105 Å². The number of likely N-dealkylation sites (tertiary alicyclic amines) is 1. The Morgan fingerprint density at radius 1 is 1.61 bits per heavy atom. The van der Waals surface area contributed by atoms with Gasteiger partial charge < -0.3 is 9.32 Å². The molecule has 0 saturated carbocycles. The van der Waals surface area contributed by atoms with Crippen LogP contribution in [-0.4, -0.2) is 42.5 Å². The zero-order chi connectivity index (χ0) is 13.3. The molecule has 1 aromatic heterocycles. The summed E-state index contributed by atoms with van der Waals surface area (Å²) >= 11 is 0. The van der Waals surface area contributed by atoms with Gasteiger partial charge in [-0.2, -0.15) is 0 Å². The molecule has 0 bridgehead atoms. The molecular formula is C10H15N3O4S. The number of aryl methyl sites for hydroxylation is 1. The van der Waals surface area contributed by atoms with Gasteiger partial charge in [-0.05, 0) is 19.8 Å². The zero-order valence-corrected chi connectivity index (χ0v) is 10.8. The molecule has 7 nitrogen and oxygen atoms in total. The minimum absolute atomic E-state index is 0.109. The van der Waals surface area contributed by atoms with Crippen molar-refractivity contribution in [3.05, 3.63) is 17.8 Å². The van der Waals surface area contributed by atoms with Crippen LogP contribution in [-0.2, 0) is 10.0 Å². The summed E-state index contributed by atoms with van der Waals surface area (Å²) in [5.74, 6) is -0.177. The van der Waals surface area contributed by atoms with E-state index in [9.17, 15) is 13.2 Å². The summed E-state index contributed by atoms with van der Waals surface area (Å²) < 4.78 is 27.6. The molecule has 1 saturated heterocycles. The highest BCUT2D eigenvalue weighted by molar-refractivity contribution is 7.89. The third-order valence-electron chi connectivity index (χ3n) is 3.07. The molecule has 2 N–H and O–H groups in total. The number of carbonyl (C=O) groups is 1. The monoisotopic (exact) mass is 273 g/mol. The predicted molar refractivity (Wildman–Crippen MR) is 63.3 cm³/mol. The van der Waals surface area contributed by atoms with Gasteiger partial charge in [-0.15, -0.1) is 0 Å². The van der Waals surface area contributed by atoms with Crippen molar-refractivity contribution >= 4 is 15.9 Å². The lowest BCUT2D eigenvalue weighted by Gasteiger charge is -2.30. The molecule has 0 radical (unpaired) electrons. The summed E-state index contributed by atoms with van der Waals surface area (Å²) in [6, 6.07) is 0. The molecule has 2 heterocycles. The largest absolute Gasteiger partial charge is 0.438 e. The normalized spacial score (nSPS) is 21.0. The van der Waals surface area contributed by atoms with Crippen molar-refractivity contribution in [1.82, 2.24) is 9.88 Å². The highest BCUT2D eigenvalue weighted by Gasteiger charge is 2.32. The van der Waals surface area contributed by atoms with E-state index in [2.05, 4.69) is 4.98 Å². The van der Waals surface area contributed by atoms with Gasteiger partial charge in [0.1, 0.15) is 0 Å². The Kier molecular flexibility index (Phi) is 3.40. The van der Waals surface area contributed by atoms with Gasteiger partial charge in [-0.25, -0.2) is 18.5 Å². The lowest BCUT2D eigenvalue weighted by molar-refractivity contribution is 0.0693. The first-order valence-corrected chi connectivity index (χ1v) is 7.21. The third-order valence-corrected chi connectivity index (χ3v) is 4.38. The molecule has 18 heavy (non-hydrogen) atoms. The Hall–Kier alpha value is -1.41. The number of nitrogens with two attached hydrogens (primary N) is 1. The molecule has 1 aliphatic heterocycles. The summed E-state index contributed by atoms with van der Waals surface area (Å²) in [5.41, 5.74) is 0.498. The number of aromatic nitrogens is 1. The van der Waals surface area contributed by atoms with Crippen LogP contribution in [0, 0.1) is 6.92 Å². The summed E-state index contributed by atoms with van der Waals surface area (Å²) in [6.07, 6.45) is 2.29. The molecule has 1 fully saturated rings. The van der Waals surface area contributed by atoms with Gasteiger partial charge in [0, 0.05) is 13.1 Å². The molecule has 8 heteroatoms. The smallest absolute Gasteiger partial charge is 0.291 e. The number of rotatable bonds is 2. The summed E-state index contributed by atoms with van der Waals surface area (Å²) in [6.45, 7) is 2.28. The number of carbonyl (C=O) groups excluding carboxylic acids is 1. The van der Waals surface area contributed by atoms with Gasteiger partial charge in [0.25, 0.3) is 5.91 Å². The maximum absolute atomic E-state index is 12.1. The molecule has 1 aromatic rings. The highest BCUT2D eigenvalue weighted by atomic mass is 32.2. The van der Waals surface area contributed by atoms with E-state index < -0.39 is 15.3 Å². The molecular weight excluding hydrogens is 258 g/mol. The van der Waals surface area contributed by atoms with Crippen LogP contribution >= 0.6 is 0 Å². The van der Waals surface area contributed by atoms with E-state index in [0.29, 0.717) is 25.1 Å². The van der Waals surface area contributed by atoms with E-state index in [4.69, 9.17) is 9.56 Å². The van der Waals surface area contributed by atoms with Crippen LogP contribution in [0.15, 0.2) is 10.8 Å². The first-order valence-electron chi connectivity index (χ1n) is 5.60. The van der Waals surface area contributed by atoms with E-state index in [1.165, 1.54) is 11.3 Å². The SMILES string of the molecule is Cc1ncoc1C(=O)N1CCCC(S(N)(=O)=O)C1. The van der Waals surface area contributed by atoms with Crippen molar-refractivity contribution < 1.29 is 17.6 Å². The molecule has 100 valence electrons. The van der Waals surface area contributed by atoms with Gasteiger partial charge in [0.05, 0.1) is 10.9 Å². The summed E-state index contributed by atoms with van der Waals surface area (Å²) in [4.78, 5) is 17.4. The second-order valence-corrected chi connectivity index (χ2v) is 6.22. The fourth-order valence-electron chi connectivity index (χ4n) is 2.04. The summed E-state index contributed by atoms with van der Waals surface area (Å²) in [7, 11) is -3.61. The number of hydrogen-bond acceptors (Lipinski definition) is 5. The van der Waals surface area contributed by atoms with Crippen LogP contribution < -0.4 is 5.14 Å². The fourth-order valence-corrected chi connectivity index (χ4v) is 2.92. The Morgan fingerprint density at radius 3 is 2.89 bits per heavy atom. The predicted octanol–water partition coefficient (Wildman–Crippen LogP) is -0.124. The Morgan fingerprint density at radius 2 is 2.33 bits per heavy atom. The first-order chi connectivity index (χ1) is 8.39. The van der Waals surface area contributed by atoms with Crippen molar-refractivity contribution in [2.45, 2.75) is 25.0 Å². The van der Waals surface area contributed by atoms with Crippen molar-refractivity contribution in [2.24, 2.45) is 5.14 Å². The maximum Gasteiger partial charge on any atom is 0.291 e. The van der Waals surface area contributed by atoms with Crippen molar-refractivity contribution in [3.63, 3.8) is 0 Å². The number of sulfonamides is 1. The number of primary sulfonamides is 1. The number of oxazole rings is 1. The number of amides is 1. The molecule has 1 atom stereocenters. The minimum atomic E-state index is -3.61. The van der Waals surface area contributed by atoms with Crippen LogP contribution in [0.5, 0.6) is 0 Å². The number of nitrogens with zero attached hydrogens (tertiary/aromatic N) is 2. The first kappa shape index (κ1) is 13.0. The quantitative estimate of drug-likeness (QED) is 0.808. The van der Waals surface area contributed by atoms with Crippen LogP contribution in [0.4, 0.5) is 0 Å². The fraction of sp³-hybridized carbons (Fsp3) is 0.600. The maximum atomic E-state index is 12.1. The van der Waals surface area contributed by atoms with Crippen LogP contribution in [0.3, 0.4) is 0 Å². The average molecular weight is 273 g/mol. The Bertz CT molecular complexity index is 551. The van der Waals surface area contributed by atoms with Crippen molar-refractivity contribution in [1.29, 1.82) is 0 Å². The van der Waals surface area contributed by atoms with Gasteiger partial charge >= 0.3 is 0 Å². The molecule has 1 amide bonds. The lowest BCUT2D eigenvalue weighted by atomic mass is 10.1. The molecule has 2 rings (SSSR count). The van der Waals surface area contributed by atoms with E-state index >= 15 is 0 Å². The van der Waals surface area contributed by atoms with Crippen molar-refractivity contribution in [2.75, 3.05) is 13.1 Å². The van der Waals surface area contributed by atoms with Gasteiger partial charge in [-0.3, -0.25) is 4.79 Å². The summed E-state index contributed by atoms with van der Waals surface area (Å²) in [5, 5.41) is 4.42. The van der Waals surface area contributed by atoms with E-state index in [0.717, 1.165) is 0 Å². The second-order valence-electron chi connectivity index (χ2n) is 4.37. The second kappa shape index (κ2) is 4.69. The molecule has 0 spiro atoms. The molecule has 0 aliphatic carbocycles. The van der Waals surface area contributed by atoms with E-state index in [1.807, 2.05) is 0 Å². The van der Waals surface area contributed by atoms with Gasteiger partial charge in [0.15, 0.2) is 6.39 Å². The van der Waals surface area contributed by atoms with E-state index in [1.54, 1.807) is 6.92 Å². The minimum Gasteiger partial charge on any atom is -0.438 e. The number of hydrogen-bond donors (Lipinski definition) is 1. The lowest BCUT2D eigenvalue weighted by Crippen LogP contribution is -2.47. The van der Waals surface area contributed by atoms with Crippen molar-refractivity contribution in [3.8, 4) is 0 Å². The van der Waals surface area contributed by atoms with E-state index in [-0.39, 0.29) is 18.2 Å².